The van der Waals surface area contributed by atoms with Gasteiger partial charge in [-0.1, -0.05) is 20.8 Å². The Kier molecular flexibility index (Phi) is 6.16. The van der Waals surface area contributed by atoms with E-state index in [2.05, 4.69) is 26.8 Å². The Morgan fingerprint density at radius 1 is 1.33 bits per heavy atom. The van der Waals surface area contributed by atoms with Crippen LogP contribution in [0.5, 0.6) is 0 Å². The molecule has 0 aromatic rings. The van der Waals surface area contributed by atoms with E-state index in [0.29, 0.717) is 13.0 Å². The first-order chi connectivity index (χ1) is 8.01. The molecule has 0 bridgehead atoms. The summed E-state index contributed by atoms with van der Waals surface area (Å²) in [4.78, 5) is 13.9. The molecule has 1 atom stereocenters. The number of carbonyl (C=O) groups is 1. The van der Waals surface area contributed by atoms with Gasteiger partial charge in [-0.25, -0.2) is 0 Å². The van der Waals surface area contributed by atoms with Gasteiger partial charge in [-0.2, -0.15) is 5.26 Å². The van der Waals surface area contributed by atoms with Crippen molar-refractivity contribution in [3.05, 3.63) is 0 Å². The molecule has 0 saturated carbocycles. The molecule has 0 aliphatic rings. The van der Waals surface area contributed by atoms with Crippen molar-refractivity contribution in [1.29, 1.82) is 5.26 Å². The lowest BCUT2D eigenvalue weighted by atomic mass is 9.80. The van der Waals surface area contributed by atoms with Gasteiger partial charge < -0.3 is 4.90 Å². The Hall–Kier alpha value is -0.750. The van der Waals surface area contributed by atoms with Gasteiger partial charge in [0.25, 0.3) is 0 Å². The van der Waals surface area contributed by atoms with Crippen LogP contribution in [-0.2, 0) is 4.79 Å². The van der Waals surface area contributed by atoms with E-state index in [-0.39, 0.29) is 16.9 Å². The van der Waals surface area contributed by atoms with E-state index in [1.807, 2.05) is 13.8 Å². The zero-order valence-electron chi connectivity index (χ0n) is 12.4. The van der Waals surface area contributed by atoms with Crippen LogP contribution in [0.25, 0.3) is 0 Å². The molecule has 0 rings (SSSR count). The maximum absolute atomic E-state index is 12.2. The maximum atomic E-state index is 12.2. The summed E-state index contributed by atoms with van der Waals surface area (Å²) in [6.07, 6.45) is 1.20. The average Bonchev–Trinajstić information content (AvgIpc) is 2.13. The van der Waals surface area contributed by atoms with Gasteiger partial charge in [-0.3, -0.25) is 4.79 Å². The maximum Gasteiger partial charge on any atom is 0.240 e. The highest BCUT2D eigenvalue weighted by molar-refractivity contribution is 6.30. The average molecular weight is 273 g/mol. The van der Waals surface area contributed by atoms with Crippen LogP contribution in [0.15, 0.2) is 0 Å². The minimum absolute atomic E-state index is 0.0961. The van der Waals surface area contributed by atoms with Gasteiger partial charge in [0.15, 0.2) is 0 Å². The number of halogens is 1. The number of hydrogen-bond acceptors (Lipinski definition) is 2. The molecule has 4 heteroatoms. The molecule has 0 aromatic heterocycles. The number of nitrogens with zero attached hydrogens (tertiary/aromatic N) is 2. The number of amides is 1. The Balaban J connectivity index is 5.05. The Labute approximate surface area is 116 Å². The second-order valence-corrected chi connectivity index (χ2v) is 7.22. The molecule has 0 saturated heterocycles. The minimum Gasteiger partial charge on any atom is -0.335 e. The van der Waals surface area contributed by atoms with Gasteiger partial charge >= 0.3 is 0 Å². The van der Waals surface area contributed by atoms with Crippen LogP contribution >= 0.6 is 11.6 Å². The van der Waals surface area contributed by atoms with Crippen molar-refractivity contribution >= 4 is 17.5 Å². The van der Waals surface area contributed by atoms with Crippen molar-refractivity contribution in [2.24, 2.45) is 5.41 Å². The molecular weight excluding hydrogens is 248 g/mol. The molecule has 104 valence electrons. The van der Waals surface area contributed by atoms with Gasteiger partial charge in [0, 0.05) is 12.1 Å². The van der Waals surface area contributed by atoms with Crippen molar-refractivity contribution in [3.63, 3.8) is 0 Å². The molecule has 0 heterocycles. The normalized spacial score (nSPS) is 13.9. The minimum atomic E-state index is -0.553. The molecule has 1 amide bonds. The molecule has 1 unspecified atom stereocenters. The fraction of sp³-hybridized carbons (Fsp3) is 0.857. The van der Waals surface area contributed by atoms with Gasteiger partial charge in [-0.05, 0) is 32.6 Å². The number of carbonyl (C=O) groups excluding carboxylic acids is 1. The van der Waals surface area contributed by atoms with Crippen LogP contribution in [0.4, 0.5) is 0 Å². The largest absolute Gasteiger partial charge is 0.335 e. The SMILES string of the molecule is CC(Cl)C(=O)N(CCC#N)C(C)(C)CC(C)(C)C. The second-order valence-electron chi connectivity index (χ2n) is 6.56. The first-order valence-corrected chi connectivity index (χ1v) is 6.77. The van der Waals surface area contributed by atoms with Crippen molar-refractivity contribution in [1.82, 2.24) is 4.90 Å². The molecule has 0 radical (unpaired) electrons. The van der Waals surface area contributed by atoms with Crippen LogP contribution in [0.2, 0.25) is 0 Å². The molecule has 0 spiro atoms. The van der Waals surface area contributed by atoms with E-state index < -0.39 is 5.38 Å². The summed E-state index contributed by atoms with van der Waals surface area (Å²) in [5, 5.41) is 8.16. The fourth-order valence-electron chi connectivity index (χ4n) is 2.48. The third-order valence-corrected chi connectivity index (χ3v) is 2.93. The second kappa shape index (κ2) is 6.43. The summed E-state index contributed by atoms with van der Waals surface area (Å²) >= 11 is 5.91. The molecule has 0 aliphatic carbocycles. The summed E-state index contributed by atoms with van der Waals surface area (Å²) in [6.45, 7) is 12.6. The molecule has 0 aliphatic heterocycles. The van der Waals surface area contributed by atoms with Gasteiger partial charge in [0.05, 0.1) is 12.5 Å². The molecule has 3 nitrogen and oxygen atoms in total. The topological polar surface area (TPSA) is 44.1 Å². The zero-order valence-corrected chi connectivity index (χ0v) is 13.1. The van der Waals surface area contributed by atoms with Crippen LogP contribution in [0.1, 0.15) is 54.4 Å². The highest BCUT2D eigenvalue weighted by Gasteiger charge is 2.35. The van der Waals surface area contributed by atoms with E-state index >= 15 is 0 Å². The molecule has 18 heavy (non-hydrogen) atoms. The molecular formula is C14H25ClN2O. The summed E-state index contributed by atoms with van der Waals surface area (Å²) in [6, 6.07) is 2.09. The summed E-state index contributed by atoms with van der Waals surface area (Å²) in [5.41, 5.74) is -0.181. The number of hydrogen-bond donors (Lipinski definition) is 0. The van der Waals surface area contributed by atoms with Crippen LogP contribution < -0.4 is 0 Å². The molecule has 0 fully saturated rings. The Morgan fingerprint density at radius 3 is 2.17 bits per heavy atom. The van der Waals surface area contributed by atoms with Crippen LogP contribution in [0, 0.1) is 16.7 Å². The van der Waals surface area contributed by atoms with Gasteiger partial charge in [0.1, 0.15) is 5.38 Å². The molecule has 0 aromatic carbocycles. The van der Waals surface area contributed by atoms with E-state index in [1.54, 1.807) is 11.8 Å². The Bertz CT molecular complexity index is 324. The lowest BCUT2D eigenvalue weighted by Gasteiger charge is -2.42. The quantitative estimate of drug-likeness (QED) is 0.718. The van der Waals surface area contributed by atoms with E-state index in [1.165, 1.54) is 0 Å². The van der Waals surface area contributed by atoms with Gasteiger partial charge in [0.2, 0.25) is 5.91 Å². The molecule has 0 N–H and O–H groups in total. The predicted octanol–water partition coefficient (Wildman–Crippen LogP) is 3.57. The lowest BCUT2D eigenvalue weighted by molar-refractivity contribution is -0.136. The monoisotopic (exact) mass is 272 g/mol. The van der Waals surface area contributed by atoms with Crippen molar-refractivity contribution < 1.29 is 4.79 Å². The zero-order chi connectivity index (χ0) is 14.6. The van der Waals surface area contributed by atoms with E-state index in [0.717, 1.165) is 6.42 Å². The third-order valence-electron chi connectivity index (χ3n) is 2.75. The highest BCUT2D eigenvalue weighted by atomic mass is 35.5. The first kappa shape index (κ1) is 17.2. The predicted molar refractivity (Wildman–Crippen MR) is 75.4 cm³/mol. The van der Waals surface area contributed by atoms with E-state index in [9.17, 15) is 4.79 Å². The van der Waals surface area contributed by atoms with E-state index in [4.69, 9.17) is 16.9 Å². The van der Waals surface area contributed by atoms with Gasteiger partial charge in [-0.15, -0.1) is 11.6 Å². The summed E-state index contributed by atoms with van der Waals surface area (Å²) < 4.78 is 0. The summed E-state index contributed by atoms with van der Waals surface area (Å²) in [5.74, 6) is -0.0961. The summed E-state index contributed by atoms with van der Waals surface area (Å²) in [7, 11) is 0. The highest BCUT2D eigenvalue weighted by Crippen LogP contribution is 2.32. The van der Waals surface area contributed by atoms with Crippen molar-refractivity contribution in [2.45, 2.75) is 65.3 Å². The number of nitriles is 1. The standard InChI is InChI=1S/C14H25ClN2O/c1-11(15)12(18)17(9-7-8-16)14(5,6)10-13(2,3)4/h11H,7,9-10H2,1-6H3. The van der Waals surface area contributed by atoms with Crippen LogP contribution in [-0.4, -0.2) is 28.3 Å². The van der Waals surface area contributed by atoms with Crippen molar-refractivity contribution in [2.75, 3.05) is 6.54 Å². The smallest absolute Gasteiger partial charge is 0.240 e. The van der Waals surface area contributed by atoms with Crippen LogP contribution in [0.3, 0.4) is 0 Å². The Morgan fingerprint density at radius 2 is 1.83 bits per heavy atom. The number of rotatable bonds is 5. The first-order valence-electron chi connectivity index (χ1n) is 6.34. The third kappa shape index (κ3) is 5.73. The number of alkyl halides is 1. The fourth-order valence-corrected chi connectivity index (χ4v) is 2.60. The lowest BCUT2D eigenvalue weighted by Crippen LogP contribution is -2.52. The van der Waals surface area contributed by atoms with Crippen molar-refractivity contribution in [3.8, 4) is 6.07 Å².